The van der Waals surface area contributed by atoms with Crippen LogP contribution in [0.25, 0.3) is 33.5 Å². The van der Waals surface area contributed by atoms with E-state index in [-0.39, 0.29) is 0 Å². The number of hydrogen-bond acceptors (Lipinski definition) is 2. The first-order valence-corrected chi connectivity index (χ1v) is 6.13. The Morgan fingerprint density at radius 1 is 0.895 bits per heavy atom. The highest BCUT2D eigenvalue weighted by Gasteiger charge is 2.08. The van der Waals surface area contributed by atoms with E-state index in [2.05, 4.69) is 21.0 Å². The van der Waals surface area contributed by atoms with Crippen LogP contribution >= 0.6 is 0 Å². The van der Waals surface area contributed by atoms with Crippen molar-refractivity contribution in [3.05, 3.63) is 48.5 Å². The number of aromatic amines is 2. The number of benzene rings is 2. The largest absolute Gasteiger partial charge is 0.399 e. The van der Waals surface area contributed by atoms with Gasteiger partial charge in [-0.15, -0.1) is 0 Å². The molecule has 0 aliphatic carbocycles. The van der Waals surface area contributed by atoms with Crippen molar-refractivity contribution in [2.45, 2.75) is 0 Å². The molecular formula is C15H12N4. The molecule has 0 radical (unpaired) electrons. The molecular weight excluding hydrogens is 236 g/mol. The van der Waals surface area contributed by atoms with E-state index in [9.17, 15) is 0 Å². The summed E-state index contributed by atoms with van der Waals surface area (Å²) in [7, 11) is 0. The van der Waals surface area contributed by atoms with Crippen LogP contribution < -0.4 is 5.73 Å². The lowest BCUT2D eigenvalue weighted by Gasteiger charge is -1.91. The van der Waals surface area contributed by atoms with Crippen molar-refractivity contribution in [2.24, 2.45) is 0 Å². The molecule has 0 aliphatic rings. The Morgan fingerprint density at radius 2 is 1.79 bits per heavy atom. The van der Waals surface area contributed by atoms with Crippen molar-refractivity contribution in [3.63, 3.8) is 0 Å². The molecule has 2 aromatic carbocycles. The molecule has 0 fully saturated rings. The number of fused-ring (bicyclic) bond motifs is 2. The lowest BCUT2D eigenvalue weighted by Crippen LogP contribution is -1.82. The van der Waals surface area contributed by atoms with Gasteiger partial charge in [0.05, 0.1) is 16.7 Å². The highest BCUT2D eigenvalue weighted by Crippen LogP contribution is 2.25. The number of nitrogens with one attached hydrogen (secondary N) is 2. The van der Waals surface area contributed by atoms with Crippen LogP contribution in [0.1, 0.15) is 0 Å². The molecule has 0 saturated heterocycles. The highest BCUT2D eigenvalue weighted by atomic mass is 14.9. The summed E-state index contributed by atoms with van der Waals surface area (Å²) in [6.07, 6.45) is 0. The van der Waals surface area contributed by atoms with E-state index < -0.39 is 0 Å². The van der Waals surface area contributed by atoms with Crippen molar-refractivity contribution in [2.75, 3.05) is 5.73 Å². The zero-order chi connectivity index (χ0) is 12.8. The average Bonchev–Trinajstić information content (AvgIpc) is 3.00. The van der Waals surface area contributed by atoms with Gasteiger partial charge in [0.15, 0.2) is 5.82 Å². The third-order valence-electron chi connectivity index (χ3n) is 3.29. The Morgan fingerprint density at radius 3 is 2.68 bits per heavy atom. The van der Waals surface area contributed by atoms with E-state index in [1.807, 2.05) is 42.5 Å². The molecule has 0 amide bonds. The number of anilines is 1. The van der Waals surface area contributed by atoms with E-state index in [1.54, 1.807) is 0 Å². The molecule has 2 aromatic heterocycles. The van der Waals surface area contributed by atoms with Crippen molar-refractivity contribution in [1.29, 1.82) is 0 Å². The molecule has 4 heteroatoms. The zero-order valence-electron chi connectivity index (χ0n) is 10.1. The molecule has 0 aliphatic heterocycles. The van der Waals surface area contributed by atoms with Gasteiger partial charge in [-0.3, -0.25) is 0 Å². The maximum atomic E-state index is 5.79. The molecule has 0 saturated carbocycles. The van der Waals surface area contributed by atoms with Crippen molar-refractivity contribution < 1.29 is 0 Å². The van der Waals surface area contributed by atoms with Gasteiger partial charge in [-0.25, -0.2) is 4.98 Å². The second kappa shape index (κ2) is 3.62. The predicted molar refractivity (Wildman–Crippen MR) is 77.8 cm³/mol. The van der Waals surface area contributed by atoms with Crippen LogP contribution in [-0.2, 0) is 0 Å². The van der Waals surface area contributed by atoms with Crippen LogP contribution in [0.3, 0.4) is 0 Å². The zero-order valence-corrected chi connectivity index (χ0v) is 10.1. The van der Waals surface area contributed by atoms with Crippen LogP contribution in [-0.4, -0.2) is 15.0 Å². The quantitative estimate of drug-likeness (QED) is 0.452. The summed E-state index contributed by atoms with van der Waals surface area (Å²) in [6, 6.07) is 15.9. The third kappa shape index (κ3) is 1.57. The van der Waals surface area contributed by atoms with Crippen molar-refractivity contribution in [3.8, 4) is 11.5 Å². The minimum absolute atomic E-state index is 0.755. The fourth-order valence-electron chi connectivity index (χ4n) is 2.35. The lowest BCUT2D eigenvalue weighted by molar-refractivity contribution is 1.29. The van der Waals surface area contributed by atoms with Gasteiger partial charge in [-0.1, -0.05) is 18.2 Å². The summed E-state index contributed by atoms with van der Waals surface area (Å²) < 4.78 is 0. The van der Waals surface area contributed by atoms with Gasteiger partial charge in [0.25, 0.3) is 0 Å². The molecule has 0 bridgehead atoms. The molecule has 4 nitrogen and oxygen atoms in total. The van der Waals surface area contributed by atoms with Gasteiger partial charge in [0.2, 0.25) is 0 Å². The second-order valence-corrected chi connectivity index (χ2v) is 4.63. The topological polar surface area (TPSA) is 70.5 Å². The lowest BCUT2D eigenvalue weighted by atomic mass is 10.2. The van der Waals surface area contributed by atoms with Crippen LogP contribution in [0.5, 0.6) is 0 Å². The number of aromatic nitrogens is 3. The van der Waals surface area contributed by atoms with Crippen molar-refractivity contribution in [1.82, 2.24) is 15.0 Å². The van der Waals surface area contributed by atoms with Gasteiger partial charge >= 0.3 is 0 Å². The van der Waals surface area contributed by atoms with Gasteiger partial charge in [0, 0.05) is 16.6 Å². The average molecular weight is 248 g/mol. The van der Waals surface area contributed by atoms with Crippen LogP contribution in [0.4, 0.5) is 5.69 Å². The third-order valence-corrected chi connectivity index (χ3v) is 3.29. The van der Waals surface area contributed by atoms with E-state index in [0.717, 1.165) is 39.1 Å². The Labute approximate surface area is 109 Å². The maximum absolute atomic E-state index is 5.79. The summed E-state index contributed by atoms with van der Waals surface area (Å²) in [5.41, 5.74) is 10.5. The predicted octanol–water partition coefficient (Wildman–Crippen LogP) is 3.29. The number of rotatable bonds is 1. The first-order valence-electron chi connectivity index (χ1n) is 6.13. The van der Waals surface area contributed by atoms with Gasteiger partial charge < -0.3 is 15.7 Å². The van der Waals surface area contributed by atoms with Crippen molar-refractivity contribution >= 4 is 27.6 Å². The van der Waals surface area contributed by atoms with Gasteiger partial charge in [-0.05, 0) is 30.3 Å². The summed E-state index contributed by atoms with van der Waals surface area (Å²) in [5, 5.41) is 1.13. The van der Waals surface area contributed by atoms with E-state index in [0.29, 0.717) is 0 Å². The molecule has 4 aromatic rings. The smallest absolute Gasteiger partial charge is 0.155 e. The summed E-state index contributed by atoms with van der Waals surface area (Å²) in [4.78, 5) is 11.2. The fourth-order valence-corrected chi connectivity index (χ4v) is 2.35. The van der Waals surface area contributed by atoms with Gasteiger partial charge in [0.1, 0.15) is 0 Å². The Bertz CT molecular complexity index is 852. The van der Waals surface area contributed by atoms with Crippen LogP contribution in [0.15, 0.2) is 48.5 Å². The molecule has 0 unspecified atom stereocenters. The number of nitrogens with zero attached hydrogens (tertiary/aromatic N) is 1. The number of nitrogens with two attached hydrogens (primary N) is 1. The number of hydrogen-bond donors (Lipinski definition) is 3. The fraction of sp³-hybridized carbons (Fsp3) is 0. The maximum Gasteiger partial charge on any atom is 0.155 e. The Hall–Kier alpha value is -2.75. The van der Waals surface area contributed by atoms with Crippen LogP contribution in [0.2, 0.25) is 0 Å². The minimum atomic E-state index is 0.755. The highest BCUT2D eigenvalue weighted by molar-refractivity contribution is 5.88. The summed E-state index contributed by atoms with van der Waals surface area (Å²) in [5.74, 6) is 0.843. The molecule has 92 valence electrons. The van der Waals surface area contributed by atoms with E-state index in [4.69, 9.17) is 5.73 Å². The second-order valence-electron chi connectivity index (χ2n) is 4.63. The first-order chi connectivity index (χ1) is 9.29. The normalized spacial score (nSPS) is 11.4. The summed E-state index contributed by atoms with van der Waals surface area (Å²) in [6.45, 7) is 0. The monoisotopic (exact) mass is 248 g/mol. The standard InChI is InChI=1S/C15H12N4/c16-10-6-5-9-7-14(17-13(9)8-10)15-18-11-3-1-2-4-12(11)19-15/h1-8,17H,16H2,(H,18,19). The first kappa shape index (κ1) is 10.2. The molecule has 19 heavy (non-hydrogen) atoms. The molecule has 4 N–H and O–H groups in total. The van der Waals surface area contributed by atoms with Gasteiger partial charge in [-0.2, -0.15) is 0 Å². The molecule has 4 rings (SSSR count). The SMILES string of the molecule is Nc1ccc2cc(-c3nc4ccccc4[nH]3)[nH]c2c1. The Kier molecular flexibility index (Phi) is 1.94. The van der Waals surface area contributed by atoms with E-state index >= 15 is 0 Å². The molecule has 0 atom stereocenters. The van der Waals surface area contributed by atoms with Crippen LogP contribution in [0, 0.1) is 0 Å². The summed E-state index contributed by atoms with van der Waals surface area (Å²) >= 11 is 0. The number of para-hydroxylation sites is 2. The minimum Gasteiger partial charge on any atom is -0.399 e. The molecule has 0 spiro atoms. The number of imidazole rings is 1. The molecule has 2 heterocycles. The number of nitrogen functional groups attached to an aromatic ring is 1. The van der Waals surface area contributed by atoms with E-state index in [1.165, 1.54) is 0 Å². The Balaban J connectivity index is 1.93. The number of H-pyrrole nitrogens is 2.